The number of hydrogen-bond acceptors (Lipinski definition) is 2. The van der Waals surface area contributed by atoms with E-state index >= 15 is 0 Å². The van der Waals surface area contributed by atoms with Gasteiger partial charge in [-0.25, -0.2) is 4.79 Å². The molecule has 0 aromatic carbocycles. The van der Waals surface area contributed by atoms with Gasteiger partial charge in [0.25, 0.3) is 0 Å². The van der Waals surface area contributed by atoms with E-state index in [1.807, 2.05) is 0 Å². The molecule has 0 saturated heterocycles. The molecule has 0 radical (unpaired) electrons. The molecule has 3 atom stereocenters. The normalized spacial score (nSPS) is 24.6. The van der Waals surface area contributed by atoms with Gasteiger partial charge in [0.05, 0.1) is 5.92 Å². The highest BCUT2D eigenvalue weighted by molar-refractivity contribution is 5.76. The first-order valence-corrected chi connectivity index (χ1v) is 6.70. The van der Waals surface area contributed by atoms with Crippen LogP contribution in [0, 0.1) is 11.8 Å². The zero-order valence-electron chi connectivity index (χ0n) is 11.5. The first-order chi connectivity index (χ1) is 8.45. The van der Waals surface area contributed by atoms with Crippen LogP contribution in [-0.2, 0) is 4.79 Å². The average molecular weight is 256 g/mol. The van der Waals surface area contributed by atoms with Gasteiger partial charge in [0, 0.05) is 19.6 Å². The molecule has 2 N–H and O–H groups in total. The number of nitrogens with one attached hydrogen (secondary N) is 1. The van der Waals surface area contributed by atoms with Gasteiger partial charge in [-0.1, -0.05) is 26.7 Å². The number of aliphatic carboxylic acids is 1. The molecular weight excluding hydrogens is 232 g/mol. The van der Waals surface area contributed by atoms with E-state index in [1.54, 1.807) is 14.0 Å². The van der Waals surface area contributed by atoms with Gasteiger partial charge in [-0.15, -0.1) is 0 Å². The van der Waals surface area contributed by atoms with Crippen LogP contribution in [0.15, 0.2) is 0 Å². The number of nitrogens with zero attached hydrogens (tertiary/aromatic N) is 1. The number of carboxylic acid groups (broad SMARTS) is 1. The number of carbonyl (C=O) groups excluding carboxylic acids is 1. The first kappa shape index (κ1) is 14.8. The number of urea groups is 1. The van der Waals surface area contributed by atoms with E-state index in [4.69, 9.17) is 5.11 Å². The molecule has 1 aliphatic carbocycles. The molecule has 5 nitrogen and oxygen atoms in total. The molecule has 3 unspecified atom stereocenters. The van der Waals surface area contributed by atoms with Crippen molar-refractivity contribution in [2.75, 3.05) is 13.6 Å². The van der Waals surface area contributed by atoms with Gasteiger partial charge in [-0.2, -0.15) is 0 Å². The van der Waals surface area contributed by atoms with E-state index in [0.717, 1.165) is 12.8 Å². The molecule has 0 spiro atoms. The molecule has 1 fully saturated rings. The number of amides is 2. The smallest absolute Gasteiger partial charge is 0.317 e. The largest absolute Gasteiger partial charge is 0.481 e. The molecule has 0 heterocycles. The molecule has 104 valence electrons. The van der Waals surface area contributed by atoms with Crippen LogP contribution >= 0.6 is 0 Å². The monoisotopic (exact) mass is 256 g/mol. The Morgan fingerprint density at radius 3 is 2.67 bits per heavy atom. The van der Waals surface area contributed by atoms with Gasteiger partial charge < -0.3 is 15.3 Å². The molecule has 0 aliphatic heterocycles. The van der Waals surface area contributed by atoms with Crippen LogP contribution in [0.4, 0.5) is 4.79 Å². The second kappa shape index (κ2) is 6.61. The Hall–Kier alpha value is -1.26. The predicted molar refractivity (Wildman–Crippen MR) is 69.4 cm³/mol. The van der Waals surface area contributed by atoms with Crippen molar-refractivity contribution in [1.29, 1.82) is 0 Å². The van der Waals surface area contributed by atoms with E-state index in [0.29, 0.717) is 5.92 Å². The summed E-state index contributed by atoms with van der Waals surface area (Å²) in [7, 11) is 1.64. The van der Waals surface area contributed by atoms with Crippen LogP contribution < -0.4 is 5.32 Å². The minimum Gasteiger partial charge on any atom is -0.481 e. The summed E-state index contributed by atoms with van der Waals surface area (Å²) in [4.78, 5) is 24.1. The third-order valence-corrected chi connectivity index (χ3v) is 3.81. The van der Waals surface area contributed by atoms with Crippen LogP contribution in [-0.4, -0.2) is 41.6 Å². The molecular formula is C13H24N2O3. The zero-order valence-corrected chi connectivity index (χ0v) is 11.5. The maximum Gasteiger partial charge on any atom is 0.317 e. The number of carboxylic acids is 1. The lowest BCUT2D eigenvalue weighted by Crippen LogP contribution is -2.46. The molecule has 1 saturated carbocycles. The summed E-state index contributed by atoms with van der Waals surface area (Å²) in [5.74, 6) is -0.840. The van der Waals surface area contributed by atoms with E-state index in [1.165, 1.54) is 17.7 Å². The van der Waals surface area contributed by atoms with Crippen molar-refractivity contribution in [2.24, 2.45) is 11.8 Å². The highest BCUT2D eigenvalue weighted by atomic mass is 16.4. The fourth-order valence-electron chi connectivity index (χ4n) is 2.56. The van der Waals surface area contributed by atoms with Crippen LogP contribution in [0.2, 0.25) is 0 Å². The van der Waals surface area contributed by atoms with Crippen molar-refractivity contribution < 1.29 is 14.7 Å². The standard InChI is InChI=1S/C13H24N2O3/c1-4-10-6-5-7-11(10)14-13(18)15(3)8-9(2)12(16)17/h9-11H,4-8H2,1-3H3,(H,14,18)(H,16,17). The van der Waals surface area contributed by atoms with Gasteiger partial charge in [-0.05, 0) is 18.8 Å². The lowest BCUT2D eigenvalue weighted by molar-refractivity contribution is -0.141. The Morgan fingerprint density at radius 1 is 1.44 bits per heavy atom. The lowest BCUT2D eigenvalue weighted by Gasteiger charge is -2.25. The summed E-state index contributed by atoms with van der Waals surface area (Å²) >= 11 is 0. The molecule has 0 bridgehead atoms. The van der Waals surface area contributed by atoms with E-state index in [2.05, 4.69) is 12.2 Å². The Labute approximate surface area is 109 Å². The molecule has 1 aliphatic rings. The van der Waals surface area contributed by atoms with Gasteiger partial charge in [0.2, 0.25) is 0 Å². The number of hydrogen-bond donors (Lipinski definition) is 2. The first-order valence-electron chi connectivity index (χ1n) is 6.70. The maximum atomic E-state index is 11.9. The van der Waals surface area contributed by atoms with Crippen molar-refractivity contribution in [1.82, 2.24) is 10.2 Å². The Morgan fingerprint density at radius 2 is 2.11 bits per heavy atom. The van der Waals surface area contributed by atoms with Gasteiger partial charge in [0.15, 0.2) is 0 Å². The summed E-state index contributed by atoms with van der Waals surface area (Å²) in [6.45, 7) is 3.99. The van der Waals surface area contributed by atoms with Gasteiger partial charge in [-0.3, -0.25) is 4.79 Å². The van der Waals surface area contributed by atoms with Crippen molar-refractivity contribution in [3.63, 3.8) is 0 Å². The lowest BCUT2D eigenvalue weighted by atomic mass is 10.0. The third kappa shape index (κ3) is 3.89. The quantitative estimate of drug-likeness (QED) is 0.789. The van der Waals surface area contributed by atoms with Gasteiger partial charge in [0.1, 0.15) is 0 Å². The maximum absolute atomic E-state index is 11.9. The summed E-state index contributed by atoms with van der Waals surface area (Å²) in [5, 5.41) is 11.8. The SMILES string of the molecule is CCC1CCCC1NC(=O)N(C)CC(C)C(=O)O. The van der Waals surface area contributed by atoms with Crippen molar-refractivity contribution in [3.8, 4) is 0 Å². The fourth-order valence-corrected chi connectivity index (χ4v) is 2.56. The van der Waals surface area contributed by atoms with Crippen LogP contribution in [0.5, 0.6) is 0 Å². The Bertz CT molecular complexity index is 307. The molecule has 0 aromatic rings. The minimum absolute atomic E-state index is 0.159. The minimum atomic E-state index is -0.873. The Balaban J connectivity index is 2.42. The predicted octanol–water partition coefficient (Wildman–Crippen LogP) is 1.93. The summed E-state index contributed by atoms with van der Waals surface area (Å²) in [5.41, 5.74) is 0. The summed E-state index contributed by atoms with van der Waals surface area (Å²) < 4.78 is 0. The van der Waals surface area contributed by atoms with E-state index in [9.17, 15) is 9.59 Å². The zero-order chi connectivity index (χ0) is 13.7. The molecule has 5 heteroatoms. The van der Waals surface area contributed by atoms with Crippen LogP contribution in [0.1, 0.15) is 39.5 Å². The summed E-state index contributed by atoms with van der Waals surface area (Å²) in [6, 6.07) is 0.0959. The van der Waals surface area contributed by atoms with Crippen LogP contribution in [0.25, 0.3) is 0 Å². The highest BCUT2D eigenvalue weighted by Gasteiger charge is 2.28. The number of rotatable bonds is 5. The molecule has 2 amide bonds. The fraction of sp³-hybridized carbons (Fsp3) is 0.846. The Kier molecular flexibility index (Phi) is 5.44. The van der Waals surface area contributed by atoms with Crippen LogP contribution in [0.3, 0.4) is 0 Å². The van der Waals surface area contributed by atoms with E-state index < -0.39 is 11.9 Å². The average Bonchev–Trinajstić information content (AvgIpc) is 2.75. The molecule has 0 aromatic heterocycles. The third-order valence-electron chi connectivity index (χ3n) is 3.81. The second-order valence-electron chi connectivity index (χ2n) is 5.28. The van der Waals surface area contributed by atoms with Gasteiger partial charge >= 0.3 is 12.0 Å². The van der Waals surface area contributed by atoms with Crippen molar-refractivity contribution in [3.05, 3.63) is 0 Å². The van der Waals surface area contributed by atoms with Crippen molar-refractivity contribution in [2.45, 2.75) is 45.6 Å². The molecule has 1 rings (SSSR count). The summed E-state index contributed by atoms with van der Waals surface area (Å²) in [6.07, 6.45) is 4.46. The number of carbonyl (C=O) groups is 2. The van der Waals surface area contributed by atoms with Crippen molar-refractivity contribution >= 4 is 12.0 Å². The van der Waals surface area contributed by atoms with E-state index in [-0.39, 0.29) is 18.6 Å². The topological polar surface area (TPSA) is 69.6 Å². The second-order valence-corrected chi connectivity index (χ2v) is 5.28. The highest BCUT2D eigenvalue weighted by Crippen LogP contribution is 2.28. The molecule has 18 heavy (non-hydrogen) atoms.